The summed E-state index contributed by atoms with van der Waals surface area (Å²) in [6.45, 7) is 1.66. The van der Waals surface area contributed by atoms with E-state index in [1.807, 2.05) is 0 Å². The van der Waals surface area contributed by atoms with Crippen molar-refractivity contribution in [3.8, 4) is 0 Å². The molecular formula is C4H8BaO2. The summed E-state index contributed by atoms with van der Waals surface area (Å²) in [5.41, 5.74) is 0. The molecule has 0 aromatic heterocycles. The van der Waals surface area contributed by atoms with Crippen molar-refractivity contribution in [2.45, 2.75) is 6.92 Å². The molecule has 0 heterocycles. The van der Waals surface area contributed by atoms with Gasteiger partial charge in [0.05, 0.1) is 0 Å². The first kappa shape index (κ1) is 10.7. The summed E-state index contributed by atoms with van der Waals surface area (Å²) >= 11 is 0. The number of carboxylic acids is 1. The van der Waals surface area contributed by atoms with Crippen molar-refractivity contribution in [3.05, 3.63) is 12.2 Å². The summed E-state index contributed by atoms with van der Waals surface area (Å²) in [4.78, 5) is 9.51. The Kier molecular flexibility index (Phi) is 10.4. The molecule has 0 unspecified atom stereocenters. The Morgan fingerprint density at radius 3 is 2.29 bits per heavy atom. The van der Waals surface area contributed by atoms with Crippen LogP contribution >= 0.6 is 0 Å². The van der Waals surface area contributed by atoms with Crippen LogP contribution in [0.15, 0.2) is 12.2 Å². The second kappa shape index (κ2) is 6.78. The third kappa shape index (κ3) is 10.8. The summed E-state index contributed by atoms with van der Waals surface area (Å²) in [7, 11) is 0. The third-order valence-electron chi connectivity index (χ3n) is 0.309. The predicted molar refractivity (Wildman–Crippen MR) is 30.4 cm³/mol. The summed E-state index contributed by atoms with van der Waals surface area (Å²) < 4.78 is 0. The van der Waals surface area contributed by atoms with Crippen LogP contribution in [0.3, 0.4) is 0 Å². The Labute approximate surface area is 85.6 Å². The fourth-order valence-corrected chi connectivity index (χ4v) is 0.143. The first-order valence-electron chi connectivity index (χ1n) is 1.63. The van der Waals surface area contributed by atoms with E-state index in [4.69, 9.17) is 5.11 Å². The molecule has 0 aliphatic rings. The molecule has 7 heavy (non-hydrogen) atoms. The van der Waals surface area contributed by atoms with E-state index in [-0.39, 0.29) is 51.7 Å². The van der Waals surface area contributed by atoms with Crippen molar-refractivity contribution in [1.82, 2.24) is 0 Å². The summed E-state index contributed by atoms with van der Waals surface area (Å²) in [6.07, 6.45) is 2.56. The molecule has 0 aromatic rings. The Balaban J connectivity index is -0.0000000417. The molecule has 0 aliphatic carbocycles. The SMILES string of the molecule is C/C=C/C(=O)O.[Ba+2].[H-].[H-]. The van der Waals surface area contributed by atoms with Crippen LogP contribution in [-0.2, 0) is 4.79 Å². The summed E-state index contributed by atoms with van der Waals surface area (Å²) in [5.74, 6) is -0.891. The standard InChI is InChI=1S/C4H6O2.Ba.2H/c1-2-3-4(5)6;;;/h2-3H,1H3,(H,5,6);;;/q;+2;2*-1/b3-2+;;;. The van der Waals surface area contributed by atoms with Crippen LogP contribution in [-0.4, -0.2) is 60.0 Å². The smallest absolute Gasteiger partial charge is 1.00 e. The van der Waals surface area contributed by atoms with Crippen molar-refractivity contribution in [2.75, 3.05) is 0 Å². The summed E-state index contributed by atoms with van der Waals surface area (Å²) in [5, 5.41) is 7.83. The predicted octanol–water partition coefficient (Wildman–Crippen LogP) is 0.491. The second-order valence-corrected chi connectivity index (χ2v) is 0.838. The minimum absolute atomic E-state index is 0. The minimum atomic E-state index is -0.891. The van der Waals surface area contributed by atoms with Gasteiger partial charge in [0.2, 0.25) is 0 Å². The Morgan fingerprint density at radius 1 is 1.86 bits per heavy atom. The van der Waals surface area contributed by atoms with Gasteiger partial charge < -0.3 is 7.96 Å². The van der Waals surface area contributed by atoms with Crippen LogP contribution in [0, 0.1) is 0 Å². The monoisotopic (exact) mass is 226 g/mol. The molecule has 2 nitrogen and oxygen atoms in total. The average Bonchev–Trinajstić information content (AvgIpc) is 1.35. The quantitative estimate of drug-likeness (QED) is 0.521. The maximum absolute atomic E-state index is 9.51. The van der Waals surface area contributed by atoms with Crippen molar-refractivity contribution >= 4 is 54.9 Å². The molecule has 0 atom stereocenters. The largest absolute Gasteiger partial charge is 2.00 e. The van der Waals surface area contributed by atoms with E-state index in [9.17, 15) is 4.79 Å². The van der Waals surface area contributed by atoms with Crippen LogP contribution in [0.5, 0.6) is 0 Å². The van der Waals surface area contributed by atoms with Gasteiger partial charge in [0, 0.05) is 6.08 Å². The molecule has 0 aliphatic heterocycles. The van der Waals surface area contributed by atoms with E-state index in [1.165, 1.54) is 6.08 Å². The molecule has 0 fully saturated rings. The van der Waals surface area contributed by atoms with Crippen molar-refractivity contribution < 1.29 is 12.8 Å². The Morgan fingerprint density at radius 2 is 2.29 bits per heavy atom. The first-order valence-corrected chi connectivity index (χ1v) is 1.63. The number of allylic oxidation sites excluding steroid dienone is 1. The van der Waals surface area contributed by atoms with E-state index in [0.29, 0.717) is 0 Å². The molecule has 3 heteroatoms. The van der Waals surface area contributed by atoms with Crippen LogP contribution in [0.25, 0.3) is 0 Å². The van der Waals surface area contributed by atoms with Gasteiger partial charge in [-0.3, -0.25) is 0 Å². The van der Waals surface area contributed by atoms with Crippen LogP contribution < -0.4 is 0 Å². The van der Waals surface area contributed by atoms with E-state index in [1.54, 1.807) is 6.92 Å². The summed E-state index contributed by atoms with van der Waals surface area (Å²) in [6, 6.07) is 0. The Bertz CT molecular complexity index is 84.6. The second-order valence-electron chi connectivity index (χ2n) is 0.838. The van der Waals surface area contributed by atoms with Gasteiger partial charge in [0.15, 0.2) is 0 Å². The zero-order valence-corrected chi connectivity index (χ0v) is 8.66. The normalized spacial score (nSPS) is 8.14. The molecule has 0 spiro atoms. The van der Waals surface area contributed by atoms with Gasteiger partial charge in [-0.15, -0.1) is 0 Å². The van der Waals surface area contributed by atoms with E-state index in [0.717, 1.165) is 6.08 Å². The molecule has 0 amide bonds. The van der Waals surface area contributed by atoms with Gasteiger partial charge >= 0.3 is 54.9 Å². The number of hydrogen-bond donors (Lipinski definition) is 1. The molecule has 1 N–H and O–H groups in total. The number of carbonyl (C=O) groups is 1. The third-order valence-corrected chi connectivity index (χ3v) is 0.309. The molecule has 0 saturated carbocycles. The average molecular weight is 225 g/mol. The molecule has 0 bridgehead atoms. The van der Waals surface area contributed by atoms with Crippen molar-refractivity contribution in [2.24, 2.45) is 0 Å². The molecule has 0 saturated heterocycles. The van der Waals surface area contributed by atoms with Gasteiger partial charge in [0.1, 0.15) is 0 Å². The fraction of sp³-hybridized carbons (Fsp3) is 0.250. The fourth-order valence-electron chi connectivity index (χ4n) is 0.143. The molecule has 0 radical (unpaired) electrons. The molecule has 38 valence electrons. The van der Waals surface area contributed by atoms with Gasteiger partial charge in [-0.05, 0) is 6.92 Å². The molecular weight excluding hydrogens is 217 g/mol. The molecule has 0 rings (SSSR count). The van der Waals surface area contributed by atoms with Gasteiger partial charge in [-0.25, -0.2) is 4.79 Å². The maximum Gasteiger partial charge on any atom is 2.00 e. The number of carboxylic acid groups (broad SMARTS) is 1. The molecule has 0 aromatic carbocycles. The van der Waals surface area contributed by atoms with E-state index >= 15 is 0 Å². The Hall–Kier alpha value is 0.781. The zero-order chi connectivity index (χ0) is 4.99. The van der Waals surface area contributed by atoms with Crippen LogP contribution in [0.4, 0.5) is 0 Å². The van der Waals surface area contributed by atoms with Crippen molar-refractivity contribution in [3.63, 3.8) is 0 Å². The zero-order valence-electron chi connectivity index (χ0n) is 6.22. The number of aliphatic carboxylic acids is 1. The topological polar surface area (TPSA) is 37.3 Å². The minimum Gasteiger partial charge on any atom is -1.00 e. The van der Waals surface area contributed by atoms with Gasteiger partial charge in [0.25, 0.3) is 0 Å². The number of rotatable bonds is 1. The van der Waals surface area contributed by atoms with Crippen LogP contribution in [0.1, 0.15) is 9.78 Å². The van der Waals surface area contributed by atoms with E-state index < -0.39 is 5.97 Å². The van der Waals surface area contributed by atoms with E-state index in [2.05, 4.69) is 0 Å². The van der Waals surface area contributed by atoms with Gasteiger partial charge in [-0.2, -0.15) is 0 Å². The van der Waals surface area contributed by atoms with Gasteiger partial charge in [-0.1, -0.05) is 6.08 Å². The first-order chi connectivity index (χ1) is 2.77. The maximum atomic E-state index is 9.51. The number of hydrogen-bond acceptors (Lipinski definition) is 1. The van der Waals surface area contributed by atoms with Crippen molar-refractivity contribution in [1.29, 1.82) is 0 Å². The van der Waals surface area contributed by atoms with Crippen LogP contribution in [0.2, 0.25) is 0 Å².